The van der Waals surface area contributed by atoms with Gasteiger partial charge in [-0.3, -0.25) is 0 Å². The highest BCUT2D eigenvalue weighted by molar-refractivity contribution is 7.10. The highest BCUT2D eigenvalue weighted by Gasteiger charge is 2.52. The highest BCUT2D eigenvalue weighted by atomic mass is 32.1. The van der Waals surface area contributed by atoms with Crippen molar-refractivity contribution in [1.29, 1.82) is 0 Å². The number of benzene rings is 1. The van der Waals surface area contributed by atoms with Gasteiger partial charge in [-0.1, -0.05) is 43.5 Å². The number of piperidine rings is 3. The molecule has 1 aromatic carbocycles. The molecule has 0 spiro atoms. The fourth-order valence-electron chi connectivity index (χ4n) is 6.49. The van der Waals surface area contributed by atoms with Crippen LogP contribution in [0.15, 0.2) is 47.8 Å². The molecule has 6 heteroatoms. The number of carbonyl (C=O) groups is 1. The molecule has 0 amide bonds. The molecule has 2 bridgehead atoms. The van der Waals surface area contributed by atoms with Crippen LogP contribution >= 0.6 is 11.3 Å². The summed E-state index contributed by atoms with van der Waals surface area (Å²) in [6.07, 6.45) is 8.19. The number of thiophene rings is 1. The van der Waals surface area contributed by atoms with Gasteiger partial charge < -0.3 is 19.1 Å². The molecule has 6 rings (SSSR count). The van der Waals surface area contributed by atoms with Crippen LogP contribution in [0.4, 0.5) is 0 Å². The number of aliphatic hydroxyl groups is 1. The first kappa shape index (κ1) is 23.8. The van der Waals surface area contributed by atoms with Crippen LogP contribution in [-0.2, 0) is 15.1 Å². The molecule has 1 aromatic heterocycles. The second-order valence-electron chi connectivity index (χ2n) is 10.6. The van der Waals surface area contributed by atoms with Crippen molar-refractivity contribution in [2.45, 2.75) is 63.1 Å². The Labute approximate surface area is 207 Å². The summed E-state index contributed by atoms with van der Waals surface area (Å²) in [5.41, 5.74) is -1.50. The predicted molar refractivity (Wildman–Crippen MR) is 134 cm³/mol. The lowest BCUT2D eigenvalue weighted by molar-refractivity contribution is -0.946. The maximum atomic E-state index is 13.6. The van der Waals surface area contributed by atoms with Gasteiger partial charge in [0.1, 0.15) is 12.3 Å². The van der Waals surface area contributed by atoms with Crippen molar-refractivity contribution >= 4 is 17.3 Å². The quantitative estimate of drug-likeness (QED) is 0.304. The van der Waals surface area contributed by atoms with Gasteiger partial charge in [0.2, 0.25) is 0 Å². The topological polar surface area (TPSA) is 55.8 Å². The number of esters is 1. The molecule has 1 saturated carbocycles. The lowest BCUT2D eigenvalue weighted by Crippen LogP contribution is -2.65. The summed E-state index contributed by atoms with van der Waals surface area (Å²) in [4.78, 5) is 14.4. The standard InChI is InChI=1S/C28H38NO4S/c30-27(28(31,26-13-7-20-34-26)23-9-3-1-4-10-23)33-25-21-29(17-14-22(25)15-18-29)16-8-19-32-24-11-5-2-6-12-24/h2,5-7,11-13,20,22-23,25,31H,1,3-4,8-10,14-19,21H2/q+1/t22?,25-,28-,29?/m1/s1. The molecule has 1 aliphatic carbocycles. The molecule has 4 aliphatic rings. The van der Waals surface area contributed by atoms with Gasteiger partial charge in [0.25, 0.3) is 0 Å². The third-order valence-corrected chi connectivity index (χ3v) is 9.49. The van der Waals surface area contributed by atoms with Crippen molar-refractivity contribution in [3.05, 3.63) is 52.7 Å². The minimum Gasteiger partial charge on any atom is -0.493 e. The zero-order valence-corrected chi connectivity index (χ0v) is 20.9. The van der Waals surface area contributed by atoms with Gasteiger partial charge in [0.05, 0.1) is 26.2 Å². The zero-order valence-electron chi connectivity index (χ0n) is 20.1. The smallest absolute Gasteiger partial charge is 0.344 e. The Kier molecular flexibility index (Phi) is 7.28. The lowest BCUT2D eigenvalue weighted by atomic mass is 9.75. The minimum atomic E-state index is -1.50. The molecule has 184 valence electrons. The Morgan fingerprint density at radius 1 is 1.03 bits per heavy atom. The minimum absolute atomic E-state index is 0.0493. The molecule has 2 atom stereocenters. The van der Waals surface area contributed by atoms with Crippen LogP contribution in [0, 0.1) is 11.8 Å². The first-order chi connectivity index (χ1) is 16.6. The van der Waals surface area contributed by atoms with E-state index in [1.165, 1.54) is 17.8 Å². The van der Waals surface area contributed by atoms with E-state index in [1.807, 2.05) is 47.8 Å². The van der Waals surface area contributed by atoms with E-state index in [0.717, 1.165) is 86.2 Å². The summed E-state index contributed by atoms with van der Waals surface area (Å²) in [7, 11) is 0. The van der Waals surface area contributed by atoms with E-state index >= 15 is 0 Å². The fraction of sp³-hybridized carbons (Fsp3) is 0.607. The molecule has 0 radical (unpaired) electrons. The van der Waals surface area contributed by atoms with E-state index in [0.29, 0.717) is 12.5 Å². The Bertz CT molecular complexity index is 919. The molecule has 2 aromatic rings. The molecule has 3 saturated heterocycles. The van der Waals surface area contributed by atoms with Crippen molar-refractivity contribution in [3.63, 3.8) is 0 Å². The summed E-state index contributed by atoms with van der Waals surface area (Å²) < 4.78 is 13.2. The van der Waals surface area contributed by atoms with Crippen LogP contribution in [0.2, 0.25) is 0 Å². The average Bonchev–Trinajstić information content (AvgIpc) is 3.44. The second kappa shape index (κ2) is 10.4. The number of carbonyl (C=O) groups excluding carboxylic acids is 1. The molecule has 4 heterocycles. The number of rotatable bonds is 9. The van der Waals surface area contributed by atoms with Crippen molar-refractivity contribution < 1.29 is 23.9 Å². The fourth-order valence-corrected chi connectivity index (χ4v) is 7.38. The van der Waals surface area contributed by atoms with Crippen LogP contribution in [-0.4, -0.2) is 54.4 Å². The van der Waals surface area contributed by atoms with Crippen molar-refractivity contribution in [2.75, 3.05) is 32.8 Å². The molecule has 0 unspecified atom stereocenters. The summed E-state index contributed by atoms with van der Waals surface area (Å²) in [5, 5.41) is 13.8. The van der Waals surface area contributed by atoms with Gasteiger partial charge in [-0.25, -0.2) is 4.79 Å². The van der Waals surface area contributed by atoms with E-state index in [2.05, 4.69) is 0 Å². The van der Waals surface area contributed by atoms with Crippen molar-refractivity contribution in [2.24, 2.45) is 11.8 Å². The van der Waals surface area contributed by atoms with Crippen LogP contribution in [0.25, 0.3) is 0 Å². The molecule has 3 aliphatic heterocycles. The summed E-state index contributed by atoms with van der Waals surface area (Å²) in [5.74, 6) is 0.878. The largest absolute Gasteiger partial charge is 0.493 e. The molecular weight excluding hydrogens is 446 g/mol. The predicted octanol–water partition coefficient (Wildman–Crippen LogP) is 5.14. The van der Waals surface area contributed by atoms with E-state index in [-0.39, 0.29) is 12.0 Å². The lowest BCUT2D eigenvalue weighted by Gasteiger charge is -2.52. The van der Waals surface area contributed by atoms with Crippen molar-refractivity contribution in [3.8, 4) is 5.75 Å². The van der Waals surface area contributed by atoms with Gasteiger partial charge >= 0.3 is 5.97 Å². The molecule has 34 heavy (non-hydrogen) atoms. The maximum absolute atomic E-state index is 13.6. The highest BCUT2D eigenvalue weighted by Crippen LogP contribution is 2.43. The van der Waals surface area contributed by atoms with Crippen molar-refractivity contribution in [1.82, 2.24) is 0 Å². The Morgan fingerprint density at radius 2 is 1.79 bits per heavy atom. The van der Waals surface area contributed by atoms with Gasteiger partial charge in [-0.15, -0.1) is 11.3 Å². The summed E-state index contributed by atoms with van der Waals surface area (Å²) in [6, 6.07) is 13.8. The van der Waals surface area contributed by atoms with E-state index in [9.17, 15) is 9.90 Å². The molecule has 5 nitrogen and oxygen atoms in total. The second-order valence-corrected chi connectivity index (χ2v) is 11.5. The number of nitrogens with zero attached hydrogens (tertiary/aromatic N) is 1. The zero-order chi connectivity index (χ0) is 23.4. The number of hydrogen-bond donors (Lipinski definition) is 1. The van der Waals surface area contributed by atoms with Crippen LogP contribution < -0.4 is 4.74 Å². The SMILES string of the molecule is O=C(O[C@@H]1C[N+]2(CCCOc3ccccc3)CCC1CC2)[C@](O)(c1cccs1)C1CCCCC1. The monoisotopic (exact) mass is 484 g/mol. The molecular formula is C28H38NO4S+. The van der Waals surface area contributed by atoms with Gasteiger partial charge in [0, 0.05) is 36.0 Å². The van der Waals surface area contributed by atoms with Gasteiger partial charge in [-0.2, -0.15) is 0 Å². The average molecular weight is 485 g/mol. The Balaban J connectivity index is 1.22. The number of fused-ring (bicyclic) bond motifs is 3. The first-order valence-electron chi connectivity index (χ1n) is 13.1. The summed E-state index contributed by atoms with van der Waals surface area (Å²) in [6.45, 7) is 4.93. The van der Waals surface area contributed by atoms with Crippen LogP contribution in [0.1, 0.15) is 56.2 Å². The third kappa shape index (κ3) is 4.91. The molecule has 1 N–H and O–H groups in total. The van der Waals surface area contributed by atoms with E-state index in [1.54, 1.807) is 0 Å². The number of ether oxygens (including phenoxy) is 2. The van der Waals surface area contributed by atoms with Crippen LogP contribution in [0.3, 0.4) is 0 Å². The van der Waals surface area contributed by atoms with Gasteiger partial charge in [0.15, 0.2) is 11.7 Å². The Hall–Kier alpha value is -1.89. The van der Waals surface area contributed by atoms with E-state index < -0.39 is 11.6 Å². The molecule has 4 fully saturated rings. The maximum Gasteiger partial charge on any atom is 0.344 e. The summed E-state index contributed by atoms with van der Waals surface area (Å²) >= 11 is 1.47. The number of para-hydroxylation sites is 1. The van der Waals surface area contributed by atoms with E-state index in [4.69, 9.17) is 9.47 Å². The van der Waals surface area contributed by atoms with Crippen LogP contribution in [0.5, 0.6) is 5.75 Å². The Morgan fingerprint density at radius 3 is 2.50 bits per heavy atom. The normalized spacial score (nSPS) is 28.9. The first-order valence-corrected chi connectivity index (χ1v) is 14.0. The number of hydrogen-bond acceptors (Lipinski definition) is 5. The third-order valence-electron chi connectivity index (χ3n) is 8.49. The number of quaternary nitrogens is 1. The van der Waals surface area contributed by atoms with Gasteiger partial charge in [-0.05, 0) is 36.4 Å².